The minimum absolute atomic E-state index is 0.278. The van der Waals surface area contributed by atoms with Gasteiger partial charge in [-0.1, -0.05) is 18.2 Å². The molecule has 166 valence electrons. The summed E-state index contributed by atoms with van der Waals surface area (Å²) < 4.78 is 5.05. The number of aromatic nitrogens is 2. The molecule has 3 aromatic rings. The monoisotopic (exact) mass is 431 g/mol. The molecule has 0 aliphatic carbocycles. The van der Waals surface area contributed by atoms with Crippen molar-refractivity contribution in [3.8, 4) is 11.1 Å². The Balaban J connectivity index is 1.30. The van der Waals surface area contributed by atoms with Crippen molar-refractivity contribution in [3.63, 3.8) is 0 Å². The van der Waals surface area contributed by atoms with Crippen LogP contribution in [0.4, 0.5) is 11.6 Å². The summed E-state index contributed by atoms with van der Waals surface area (Å²) in [6, 6.07) is 16.1. The zero-order valence-electron chi connectivity index (χ0n) is 18.3. The number of nitrogens with two attached hydrogens (primary N) is 1. The molecule has 4 rings (SSSR count). The predicted molar refractivity (Wildman–Crippen MR) is 127 cm³/mol. The lowest BCUT2D eigenvalue weighted by Crippen LogP contribution is -2.39. The van der Waals surface area contributed by atoms with Gasteiger partial charge in [0.15, 0.2) is 0 Å². The van der Waals surface area contributed by atoms with Gasteiger partial charge in [0.25, 0.3) is 0 Å². The van der Waals surface area contributed by atoms with Crippen molar-refractivity contribution in [2.24, 2.45) is 5.73 Å². The highest BCUT2D eigenvalue weighted by molar-refractivity contribution is 5.89. The highest BCUT2D eigenvalue weighted by Crippen LogP contribution is 2.23. The molecule has 7 heteroatoms. The molecule has 0 spiro atoms. The predicted octanol–water partition coefficient (Wildman–Crippen LogP) is 3.86. The lowest BCUT2D eigenvalue weighted by atomic mass is 10.0. The van der Waals surface area contributed by atoms with Crippen LogP contribution in [0.1, 0.15) is 35.7 Å². The zero-order valence-corrected chi connectivity index (χ0v) is 18.3. The van der Waals surface area contributed by atoms with E-state index in [0.717, 1.165) is 48.3 Å². The van der Waals surface area contributed by atoms with Crippen LogP contribution >= 0.6 is 0 Å². The molecule has 2 aromatic carbocycles. The summed E-state index contributed by atoms with van der Waals surface area (Å²) in [5, 5.41) is 3.46. The minimum Gasteiger partial charge on any atom is -0.462 e. The summed E-state index contributed by atoms with van der Waals surface area (Å²) in [5.74, 6) is 0.376. The Labute approximate surface area is 188 Å². The van der Waals surface area contributed by atoms with Crippen molar-refractivity contribution >= 4 is 17.6 Å². The summed E-state index contributed by atoms with van der Waals surface area (Å²) in [5.41, 5.74) is 10.6. The van der Waals surface area contributed by atoms with Gasteiger partial charge in [0.2, 0.25) is 5.95 Å². The van der Waals surface area contributed by atoms with Crippen molar-refractivity contribution in [3.05, 3.63) is 72.1 Å². The van der Waals surface area contributed by atoms with Crippen LogP contribution in [0.15, 0.2) is 60.9 Å². The molecule has 32 heavy (non-hydrogen) atoms. The van der Waals surface area contributed by atoms with Gasteiger partial charge < -0.3 is 20.7 Å². The molecule has 1 aliphatic heterocycles. The van der Waals surface area contributed by atoms with Crippen molar-refractivity contribution < 1.29 is 9.53 Å². The largest absolute Gasteiger partial charge is 0.462 e. The summed E-state index contributed by atoms with van der Waals surface area (Å²) in [6.07, 6.45) is 5.68. The van der Waals surface area contributed by atoms with Gasteiger partial charge in [-0.2, -0.15) is 0 Å². The fraction of sp³-hybridized carbons (Fsp3) is 0.320. The average molecular weight is 432 g/mol. The third kappa shape index (κ3) is 5.23. The normalized spacial score (nSPS) is 14.2. The summed E-state index contributed by atoms with van der Waals surface area (Å²) in [4.78, 5) is 23.2. The molecule has 3 N–H and O–H groups in total. The first-order valence-corrected chi connectivity index (χ1v) is 11.1. The highest BCUT2D eigenvalue weighted by Gasteiger charge is 2.20. The van der Waals surface area contributed by atoms with E-state index >= 15 is 0 Å². The molecular weight excluding hydrogens is 402 g/mol. The zero-order chi connectivity index (χ0) is 22.3. The number of nitrogens with zero attached hydrogens (tertiary/aromatic N) is 3. The van der Waals surface area contributed by atoms with E-state index in [-0.39, 0.29) is 5.97 Å². The van der Waals surface area contributed by atoms with Crippen LogP contribution in [0.25, 0.3) is 11.1 Å². The number of ether oxygens (including phenoxy) is 1. The lowest BCUT2D eigenvalue weighted by Gasteiger charge is -2.34. The molecule has 0 radical (unpaired) electrons. The van der Waals surface area contributed by atoms with Crippen molar-refractivity contribution in [1.29, 1.82) is 0 Å². The minimum atomic E-state index is -0.278. The van der Waals surface area contributed by atoms with E-state index < -0.39 is 0 Å². The van der Waals surface area contributed by atoms with Gasteiger partial charge in [-0.25, -0.2) is 14.8 Å². The third-order valence-electron chi connectivity index (χ3n) is 5.72. The quantitative estimate of drug-likeness (QED) is 0.549. The highest BCUT2D eigenvalue weighted by atomic mass is 16.5. The van der Waals surface area contributed by atoms with Gasteiger partial charge in [0.05, 0.1) is 12.2 Å². The smallest absolute Gasteiger partial charge is 0.338 e. The van der Waals surface area contributed by atoms with E-state index in [1.807, 2.05) is 61.8 Å². The number of rotatable bonds is 7. The number of carbonyl (C=O) groups excluding carboxylic acids is 1. The van der Waals surface area contributed by atoms with Gasteiger partial charge >= 0.3 is 5.97 Å². The Bertz CT molecular complexity index is 1030. The van der Waals surface area contributed by atoms with Crippen molar-refractivity contribution in [1.82, 2.24) is 9.97 Å². The maximum atomic E-state index is 11.8. The second kappa shape index (κ2) is 10.2. The van der Waals surface area contributed by atoms with Crippen LogP contribution in [0.5, 0.6) is 0 Å². The van der Waals surface area contributed by atoms with E-state index in [4.69, 9.17) is 10.5 Å². The Kier molecular flexibility index (Phi) is 6.97. The molecule has 2 heterocycles. The summed E-state index contributed by atoms with van der Waals surface area (Å²) >= 11 is 0. The van der Waals surface area contributed by atoms with Gasteiger partial charge in [-0.15, -0.1) is 0 Å². The molecule has 0 bridgehead atoms. The second-order valence-electron chi connectivity index (χ2n) is 7.87. The van der Waals surface area contributed by atoms with Crippen LogP contribution in [-0.4, -0.2) is 41.7 Å². The number of esters is 1. The molecule has 0 saturated carbocycles. The van der Waals surface area contributed by atoms with Crippen LogP contribution in [-0.2, 0) is 11.3 Å². The number of piperidine rings is 1. The molecule has 0 atom stereocenters. The molecule has 0 unspecified atom stereocenters. The van der Waals surface area contributed by atoms with E-state index in [2.05, 4.69) is 26.3 Å². The Morgan fingerprint density at radius 3 is 2.47 bits per heavy atom. The topological polar surface area (TPSA) is 93.4 Å². The average Bonchev–Trinajstić information content (AvgIpc) is 2.85. The van der Waals surface area contributed by atoms with Gasteiger partial charge in [-0.3, -0.25) is 0 Å². The third-order valence-corrected chi connectivity index (χ3v) is 5.72. The number of hydrogen-bond acceptors (Lipinski definition) is 7. The van der Waals surface area contributed by atoms with Gasteiger partial charge in [0.1, 0.15) is 0 Å². The first kappa shape index (κ1) is 21.8. The van der Waals surface area contributed by atoms with Crippen molar-refractivity contribution in [2.45, 2.75) is 32.4 Å². The molecular formula is C25H29N5O2. The van der Waals surface area contributed by atoms with Crippen LogP contribution in [0, 0.1) is 0 Å². The maximum Gasteiger partial charge on any atom is 0.338 e. The molecule has 7 nitrogen and oxygen atoms in total. The molecule has 1 fully saturated rings. The van der Waals surface area contributed by atoms with Crippen LogP contribution in [0.2, 0.25) is 0 Å². The second-order valence-corrected chi connectivity index (χ2v) is 7.87. The number of carbonyl (C=O) groups is 1. The van der Waals surface area contributed by atoms with Crippen LogP contribution < -0.4 is 16.0 Å². The van der Waals surface area contributed by atoms with E-state index in [0.29, 0.717) is 30.7 Å². The van der Waals surface area contributed by atoms with E-state index in [1.54, 1.807) is 0 Å². The number of nitrogens with one attached hydrogen (secondary N) is 1. The first-order valence-electron chi connectivity index (χ1n) is 11.1. The Morgan fingerprint density at radius 1 is 1.09 bits per heavy atom. The molecule has 0 amide bonds. The van der Waals surface area contributed by atoms with E-state index in [9.17, 15) is 4.79 Å². The van der Waals surface area contributed by atoms with Gasteiger partial charge in [-0.05, 0) is 61.2 Å². The standard InChI is InChI=1S/C25H29N5O2/c1-2-32-24(31)19-6-8-23(9-7-19)30-12-10-22(11-13-30)29-25-27-16-21(17-28-25)20-5-3-4-18(14-20)15-26/h3-9,14,16-17,22H,2,10-13,15,26H2,1H3,(H,27,28,29). The molecule has 1 saturated heterocycles. The van der Waals surface area contributed by atoms with Crippen LogP contribution in [0.3, 0.4) is 0 Å². The fourth-order valence-corrected chi connectivity index (χ4v) is 3.92. The summed E-state index contributed by atoms with van der Waals surface area (Å²) in [6.45, 7) is 4.57. The fourth-order valence-electron chi connectivity index (χ4n) is 3.92. The Morgan fingerprint density at radius 2 is 1.81 bits per heavy atom. The Hall–Kier alpha value is -3.45. The number of anilines is 2. The molecule has 1 aliphatic rings. The first-order chi connectivity index (χ1) is 15.7. The summed E-state index contributed by atoms with van der Waals surface area (Å²) in [7, 11) is 0. The number of benzene rings is 2. The van der Waals surface area contributed by atoms with Gasteiger partial charge in [0, 0.05) is 49.3 Å². The van der Waals surface area contributed by atoms with E-state index in [1.165, 1.54) is 0 Å². The van der Waals surface area contributed by atoms with Crippen molar-refractivity contribution in [2.75, 3.05) is 29.9 Å². The lowest BCUT2D eigenvalue weighted by molar-refractivity contribution is 0.0526. The maximum absolute atomic E-state index is 11.8. The molecule has 1 aromatic heterocycles. The SMILES string of the molecule is CCOC(=O)c1ccc(N2CCC(Nc3ncc(-c4cccc(CN)c4)cn3)CC2)cc1. The number of hydrogen-bond donors (Lipinski definition) is 2.